The molecule has 1 amide bonds. The number of rotatable bonds is 2. The fraction of sp³-hybridized carbons (Fsp3) is 0. The number of nitrogens with zero attached hydrogens (tertiary/aromatic N) is 1. The first-order valence-corrected chi connectivity index (χ1v) is 5.60. The summed E-state index contributed by atoms with van der Waals surface area (Å²) in [5.41, 5.74) is 4.05. The monoisotopic (exact) mass is 261 g/mol. The molecule has 18 heavy (non-hydrogen) atoms. The summed E-state index contributed by atoms with van der Waals surface area (Å²) in [6.07, 6.45) is 4.85. The highest BCUT2D eigenvalue weighted by molar-refractivity contribution is 6.33. The average molecular weight is 262 g/mol. The maximum absolute atomic E-state index is 11.7. The van der Waals surface area contributed by atoms with Crippen LogP contribution in [0.15, 0.2) is 45.8 Å². The van der Waals surface area contributed by atoms with Gasteiger partial charge in [0.2, 0.25) is 0 Å². The molecule has 1 aliphatic rings. The maximum atomic E-state index is 11.7. The fourth-order valence-electron chi connectivity index (χ4n) is 1.69. The van der Waals surface area contributed by atoms with Gasteiger partial charge in [0.15, 0.2) is 5.76 Å². The third-order valence-corrected chi connectivity index (χ3v) is 2.71. The number of carbonyl (C=O) groups is 1. The van der Waals surface area contributed by atoms with Gasteiger partial charge in [0.25, 0.3) is 5.91 Å². The minimum Gasteiger partial charge on any atom is -0.463 e. The van der Waals surface area contributed by atoms with E-state index in [1.165, 1.54) is 6.26 Å². The number of aromatic nitrogens is 1. The lowest BCUT2D eigenvalue weighted by Gasteiger charge is -1.96. The van der Waals surface area contributed by atoms with Gasteiger partial charge < -0.3 is 9.40 Å². The Morgan fingerprint density at radius 3 is 3.00 bits per heavy atom. The number of hydrazone groups is 1. The fourth-order valence-corrected chi connectivity index (χ4v) is 1.86. The zero-order chi connectivity index (χ0) is 12.5. The molecule has 6 heteroatoms. The largest absolute Gasteiger partial charge is 0.463 e. The Hall–Kier alpha value is -2.27. The second-order valence-corrected chi connectivity index (χ2v) is 4.15. The maximum Gasteiger partial charge on any atom is 0.273 e. The molecule has 0 aliphatic carbocycles. The van der Waals surface area contributed by atoms with Crippen LogP contribution in [-0.4, -0.2) is 16.6 Å². The lowest BCUT2D eigenvalue weighted by molar-refractivity contribution is -0.116. The molecule has 0 atom stereocenters. The molecule has 2 N–H and O–H groups in total. The Labute approximate surface area is 107 Å². The van der Waals surface area contributed by atoms with Gasteiger partial charge in [-0.05, 0) is 24.3 Å². The van der Waals surface area contributed by atoms with Crippen molar-refractivity contribution in [2.24, 2.45) is 5.10 Å². The van der Waals surface area contributed by atoms with Gasteiger partial charge in [-0.2, -0.15) is 5.10 Å². The van der Waals surface area contributed by atoms with E-state index in [1.54, 1.807) is 30.5 Å². The highest BCUT2D eigenvalue weighted by atomic mass is 35.5. The number of furan rings is 1. The van der Waals surface area contributed by atoms with Crippen LogP contribution in [0.25, 0.3) is 6.08 Å². The molecule has 5 nitrogen and oxygen atoms in total. The molecule has 0 spiro atoms. The van der Waals surface area contributed by atoms with Crippen molar-refractivity contribution in [3.63, 3.8) is 0 Å². The van der Waals surface area contributed by atoms with Gasteiger partial charge in [-0.3, -0.25) is 4.79 Å². The summed E-state index contributed by atoms with van der Waals surface area (Å²) in [5.74, 6) is 0.268. The summed E-state index contributed by atoms with van der Waals surface area (Å²) in [5, 5.41) is 4.53. The number of nitrogens with one attached hydrogen (secondary N) is 2. The van der Waals surface area contributed by atoms with E-state index < -0.39 is 0 Å². The first kappa shape index (κ1) is 10.9. The quantitative estimate of drug-likeness (QED) is 0.814. The standard InChI is InChI=1S/C12H8ClN3O2/c13-7-4-8(14-6-7)5-9-11(15-16-12(9)17)10-2-1-3-18-10/h1-6,14H,(H,16,17). The van der Waals surface area contributed by atoms with Gasteiger partial charge in [-0.15, -0.1) is 0 Å². The lowest BCUT2D eigenvalue weighted by atomic mass is 10.1. The molecule has 2 aromatic heterocycles. The second kappa shape index (κ2) is 4.19. The van der Waals surface area contributed by atoms with Gasteiger partial charge in [-0.1, -0.05) is 11.6 Å². The molecular weight excluding hydrogens is 254 g/mol. The van der Waals surface area contributed by atoms with Gasteiger partial charge in [-0.25, -0.2) is 5.43 Å². The van der Waals surface area contributed by atoms with Crippen LogP contribution in [0.2, 0.25) is 5.02 Å². The third-order valence-electron chi connectivity index (χ3n) is 2.49. The lowest BCUT2D eigenvalue weighted by Crippen LogP contribution is -2.13. The molecule has 0 unspecified atom stereocenters. The van der Waals surface area contributed by atoms with Crippen LogP contribution < -0.4 is 5.43 Å². The van der Waals surface area contributed by atoms with Crippen LogP contribution in [0.3, 0.4) is 0 Å². The molecule has 2 aromatic rings. The number of aromatic amines is 1. The molecular formula is C12H8ClN3O2. The van der Waals surface area contributed by atoms with E-state index in [9.17, 15) is 4.79 Å². The predicted molar refractivity (Wildman–Crippen MR) is 67.2 cm³/mol. The van der Waals surface area contributed by atoms with Gasteiger partial charge in [0.1, 0.15) is 5.71 Å². The van der Waals surface area contributed by atoms with Crippen molar-refractivity contribution >= 4 is 29.3 Å². The van der Waals surface area contributed by atoms with Crippen molar-refractivity contribution in [3.05, 3.63) is 52.7 Å². The number of H-pyrrole nitrogens is 1. The first-order valence-electron chi connectivity index (χ1n) is 5.22. The van der Waals surface area contributed by atoms with Crippen LogP contribution in [-0.2, 0) is 4.79 Å². The molecule has 90 valence electrons. The molecule has 0 aromatic carbocycles. The van der Waals surface area contributed by atoms with E-state index in [-0.39, 0.29) is 5.91 Å². The van der Waals surface area contributed by atoms with Crippen molar-refractivity contribution in [1.29, 1.82) is 0 Å². The number of amides is 1. The SMILES string of the molecule is O=C1NN=C(c2ccco2)C1=Cc1cc(Cl)c[nH]1. The number of carbonyl (C=O) groups excluding carboxylic acids is 1. The van der Waals surface area contributed by atoms with E-state index in [2.05, 4.69) is 15.5 Å². The van der Waals surface area contributed by atoms with E-state index in [0.717, 1.165) is 5.69 Å². The van der Waals surface area contributed by atoms with Crippen molar-refractivity contribution in [1.82, 2.24) is 10.4 Å². The zero-order valence-electron chi connectivity index (χ0n) is 9.11. The summed E-state index contributed by atoms with van der Waals surface area (Å²) in [6, 6.07) is 5.21. The van der Waals surface area contributed by atoms with Gasteiger partial charge in [0, 0.05) is 11.9 Å². The predicted octanol–water partition coefficient (Wildman–Crippen LogP) is 2.18. The molecule has 1 aliphatic heterocycles. The number of hydrogen-bond donors (Lipinski definition) is 2. The Bertz CT molecular complexity index is 653. The number of halogens is 1. The van der Waals surface area contributed by atoms with Crippen molar-refractivity contribution in [2.75, 3.05) is 0 Å². The first-order chi connectivity index (χ1) is 8.74. The van der Waals surface area contributed by atoms with Gasteiger partial charge in [0.05, 0.1) is 16.9 Å². The van der Waals surface area contributed by atoms with Crippen LogP contribution in [0.5, 0.6) is 0 Å². The molecule has 0 saturated carbocycles. The number of hydrogen-bond acceptors (Lipinski definition) is 3. The third kappa shape index (κ3) is 1.84. The Balaban J connectivity index is 2.01. The van der Waals surface area contributed by atoms with Gasteiger partial charge >= 0.3 is 0 Å². The van der Waals surface area contributed by atoms with E-state index in [4.69, 9.17) is 16.0 Å². The summed E-state index contributed by atoms with van der Waals surface area (Å²) >= 11 is 5.81. The minimum absolute atomic E-state index is 0.271. The normalized spacial score (nSPS) is 17.1. The van der Waals surface area contributed by atoms with Crippen LogP contribution >= 0.6 is 11.6 Å². The summed E-state index contributed by atoms with van der Waals surface area (Å²) in [4.78, 5) is 14.7. The molecule has 0 bridgehead atoms. The van der Waals surface area contributed by atoms with Crippen molar-refractivity contribution < 1.29 is 9.21 Å². The Morgan fingerprint density at radius 2 is 2.33 bits per heavy atom. The minimum atomic E-state index is -0.271. The Kier molecular flexibility index (Phi) is 2.53. The molecule has 0 saturated heterocycles. The molecule has 0 radical (unpaired) electrons. The average Bonchev–Trinajstić information content (AvgIpc) is 3.03. The molecule has 3 heterocycles. The van der Waals surface area contributed by atoms with Crippen LogP contribution in [0.4, 0.5) is 0 Å². The van der Waals surface area contributed by atoms with Crippen molar-refractivity contribution in [2.45, 2.75) is 0 Å². The highest BCUT2D eigenvalue weighted by Crippen LogP contribution is 2.19. The van der Waals surface area contributed by atoms with E-state index in [0.29, 0.717) is 22.1 Å². The summed E-state index contributed by atoms with van der Waals surface area (Å²) in [7, 11) is 0. The van der Waals surface area contributed by atoms with E-state index in [1.807, 2.05) is 0 Å². The zero-order valence-corrected chi connectivity index (χ0v) is 9.86. The molecule has 0 fully saturated rings. The Morgan fingerprint density at radius 1 is 1.44 bits per heavy atom. The summed E-state index contributed by atoms with van der Waals surface area (Å²) in [6.45, 7) is 0. The second-order valence-electron chi connectivity index (χ2n) is 3.71. The van der Waals surface area contributed by atoms with E-state index >= 15 is 0 Å². The smallest absolute Gasteiger partial charge is 0.273 e. The molecule has 3 rings (SSSR count). The van der Waals surface area contributed by atoms with Crippen LogP contribution in [0.1, 0.15) is 11.5 Å². The highest BCUT2D eigenvalue weighted by Gasteiger charge is 2.25. The van der Waals surface area contributed by atoms with Crippen molar-refractivity contribution in [3.8, 4) is 0 Å². The topological polar surface area (TPSA) is 70.4 Å². The van der Waals surface area contributed by atoms with Crippen LogP contribution in [0, 0.1) is 0 Å². The summed E-state index contributed by atoms with van der Waals surface area (Å²) < 4.78 is 5.24.